The SMILES string of the molecule is CCCn1cc(-c2nc(NC)ccc2[N+](=O)[O-])cn1. The van der Waals surface area contributed by atoms with Gasteiger partial charge in [0.05, 0.1) is 11.1 Å². The van der Waals surface area contributed by atoms with E-state index in [-0.39, 0.29) is 5.69 Å². The predicted octanol–water partition coefficient (Wildman–Crippen LogP) is 2.30. The quantitative estimate of drug-likeness (QED) is 0.659. The lowest BCUT2D eigenvalue weighted by molar-refractivity contribution is -0.384. The molecule has 2 rings (SSSR count). The number of nitrogens with one attached hydrogen (secondary N) is 1. The van der Waals surface area contributed by atoms with Gasteiger partial charge < -0.3 is 5.32 Å². The van der Waals surface area contributed by atoms with Crippen LogP contribution < -0.4 is 5.32 Å². The molecule has 0 amide bonds. The van der Waals surface area contributed by atoms with Crippen LogP contribution in [0.3, 0.4) is 0 Å². The fourth-order valence-electron chi connectivity index (χ4n) is 1.79. The molecule has 0 fully saturated rings. The molecule has 7 nitrogen and oxygen atoms in total. The Morgan fingerprint density at radius 2 is 2.26 bits per heavy atom. The number of pyridine rings is 1. The summed E-state index contributed by atoms with van der Waals surface area (Å²) in [4.78, 5) is 14.9. The van der Waals surface area contributed by atoms with E-state index in [0.29, 0.717) is 17.1 Å². The van der Waals surface area contributed by atoms with Crippen LogP contribution in [0.1, 0.15) is 13.3 Å². The smallest absolute Gasteiger partial charge is 0.295 e. The van der Waals surface area contributed by atoms with Crippen LogP contribution in [0.5, 0.6) is 0 Å². The Morgan fingerprint density at radius 1 is 1.47 bits per heavy atom. The molecule has 0 bridgehead atoms. The van der Waals surface area contributed by atoms with Gasteiger partial charge in [-0.15, -0.1) is 0 Å². The first kappa shape index (κ1) is 13.0. The molecule has 100 valence electrons. The first-order valence-corrected chi connectivity index (χ1v) is 6.01. The van der Waals surface area contributed by atoms with Crippen LogP contribution in [0.15, 0.2) is 24.5 Å². The fourth-order valence-corrected chi connectivity index (χ4v) is 1.79. The molecule has 0 saturated carbocycles. The number of nitro groups is 1. The average molecular weight is 261 g/mol. The number of aryl methyl sites for hydroxylation is 1. The van der Waals surface area contributed by atoms with Gasteiger partial charge >= 0.3 is 0 Å². The Labute approximate surface area is 110 Å². The molecule has 2 aromatic heterocycles. The fraction of sp³-hybridized carbons (Fsp3) is 0.333. The molecule has 0 saturated heterocycles. The van der Waals surface area contributed by atoms with Crippen LogP contribution >= 0.6 is 0 Å². The Hall–Kier alpha value is -2.44. The molecule has 0 aliphatic carbocycles. The van der Waals surface area contributed by atoms with Crippen molar-refractivity contribution in [2.75, 3.05) is 12.4 Å². The van der Waals surface area contributed by atoms with Crippen molar-refractivity contribution in [3.8, 4) is 11.3 Å². The van der Waals surface area contributed by atoms with E-state index in [9.17, 15) is 10.1 Å². The van der Waals surface area contributed by atoms with E-state index >= 15 is 0 Å². The number of hydrogen-bond acceptors (Lipinski definition) is 5. The van der Waals surface area contributed by atoms with E-state index < -0.39 is 4.92 Å². The maximum atomic E-state index is 11.0. The topological polar surface area (TPSA) is 85.9 Å². The Bertz CT molecular complexity index is 594. The molecule has 0 aliphatic rings. The van der Waals surface area contributed by atoms with E-state index in [4.69, 9.17) is 0 Å². The highest BCUT2D eigenvalue weighted by Gasteiger charge is 2.18. The number of aromatic nitrogens is 3. The number of nitrogens with zero attached hydrogens (tertiary/aromatic N) is 4. The molecule has 0 radical (unpaired) electrons. The van der Waals surface area contributed by atoms with Gasteiger partial charge in [0, 0.05) is 31.4 Å². The summed E-state index contributed by atoms with van der Waals surface area (Å²) >= 11 is 0. The van der Waals surface area contributed by atoms with Crippen molar-refractivity contribution >= 4 is 11.5 Å². The second kappa shape index (κ2) is 5.47. The maximum Gasteiger partial charge on any atom is 0.295 e. The molecule has 2 aromatic rings. The maximum absolute atomic E-state index is 11.0. The van der Waals surface area contributed by atoms with Crippen molar-refractivity contribution in [1.82, 2.24) is 14.8 Å². The van der Waals surface area contributed by atoms with Gasteiger partial charge in [0.25, 0.3) is 5.69 Å². The second-order valence-corrected chi connectivity index (χ2v) is 4.06. The normalized spacial score (nSPS) is 10.4. The molecule has 0 aromatic carbocycles. The molecule has 0 atom stereocenters. The van der Waals surface area contributed by atoms with Gasteiger partial charge in [-0.3, -0.25) is 14.8 Å². The number of rotatable bonds is 5. The zero-order chi connectivity index (χ0) is 13.8. The first-order valence-electron chi connectivity index (χ1n) is 6.01. The minimum atomic E-state index is -0.432. The summed E-state index contributed by atoms with van der Waals surface area (Å²) in [6.07, 6.45) is 4.33. The molecule has 2 heterocycles. The van der Waals surface area contributed by atoms with E-state index in [1.165, 1.54) is 6.07 Å². The van der Waals surface area contributed by atoms with Gasteiger partial charge in [0.15, 0.2) is 5.69 Å². The molecule has 0 spiro atoms. The largest absolute Gasteiger partial charge is 0.373 e. The Morgan fingerprint density at radius 3 is 2.89 bits per heavy atom. The van der Waals surface area contributed by atoms with E-state index in [2.05, 4.69) is 15.4 Å². The first-order chi connectivity index (χ1) is 9.15. The van der Waals surface area contributed by atoms with Gasteiger partial charge in [-0.05, 0) is 12.5 Å². The third kappa shape index (κ3) is 2.70. The monoisotopic (exact) mass is 261 g/mol. The van der Waals surface area contributed by atoms with Crippen LogP contribution in [0, 0.1) is 10.1 Å². The van der Waals surface area contributed by atoms with Crippen molar-refractivity contribution in [3.63, 3.8) is 0 Å². The summed E-state index contributed by atoms with van der Waals surface area (Å²) in [7, 11) is 1.72. The minimum Gasteiger partial charge on any atom is -0.373 e. The zero-order valence-corrected chi connectivity index (χ0v) is 10.8. The van der Waals surface area contributed by atoms with Crippen LogP contribution in [-0.4, -0.2) is 26.7 Å². The standard InChI is InChI=1S/C12H15N5O2/c1-3-6-16-8-9(7-14-16)12-10(17(18)19)4-5-11(13-2)15-12/h4-5,7-8H,3,6H2,1-2H3,(H,13,15). The van der Waals surface area contributed by atoms with Crippen molar-refractivity contribution in [1.29, 1.82) is 0 Å². The lowest BCUT2D eigenvalue weighted by Gasteiger charge is -2.03. The van der Waals surface area contributed by atoms with E-state index in [1.54, 1.807) is 30.2 Å². The second-order valence-electron chi connectivity index (χ2n) is 4.06. The van der Waals surface area contributed by atoms with Crippen LogP contribution in [-0.2, 0) is 6.54 Å². The van der Waals surface area contributed by atoms with Gasteiger partial charge in [0.1, 0.15) is 5.82 Å². The molecule has 0 aliphatic heterocycles. The van der Waals surface area contributed by atoms with Crippen molar-refractivity contribution in [2.45, 2.75) is 19.9 Å². The third-order valence-electron chi connectivity index (χ3n) is 2.69. The molecule has 19 heavy (non-hydrogen) atoms. The number of hydrogen-bond donors (Lipinski definition) is 1. The highest BCUT2D eigenvalue weighted by atomic mass is 16.6. The molecule has 1 N–H and O–H groups in total. The highest BCUT2D eigenvalue weighted by Crippen LogP contribution is 2.28. The van der Waals surface area contributed by atoms with Gasteiger partial charge in [-0.1, -0.05) is 6.92 Å². The lowest BCUT2D eigenvalue weighted by atomic mass is 10.2. The lowest BCUT2D eigenvalue weighted by Crippen LogP contribution is -1.99. The van der Waals surface area contributed by atoms with Crippen molar-refractivity contribution < 1.29 is 4.92 Å². The Balaban J connectivity index is 2.48. The predicted molar refractivity (Wildman–Crippen MR) is 72.0 cm³/mol. The van der Waals surface area contributed by atoms with Crippen LogP contribution in [0.4, 0.5) is 11.5 Å². The summed E-state index contributed by atoms with van der Waals surface area (Å²) in [6.45, 7) is 2.82. The average Bonchev–Trinajstić information content (AvgIpc) is 2.87. The molecular weight excluding hydrogens is 246 g/mol. The third-order valence-corrected chi connectivity index (χ3v) is 2.69. The number of anilines is 1. The summed E-state index contributed by atoms with van der Waals surface area (Å²) < 4.78 is 1.76. The van der Waals surface area contributed by atoms with Crippen LogP contribution in [0.25, 0.3) is 11.3 Å². The van der Waals surface area contributed by atoms with Gasteiger partial charge in [-0.2, -0.15) is 5.10 Å². The van der Waals surface area contributed by atoms with E-state index in [1.807, 2.05) is 6.92 Å². The van der Waals surface area contributed by atoms with Gasteiger partial charge in [0.2, 0.25) is 0 Å². The Kier molecular flexibility index (Phi) is 3.74. The van der Waals surface area contributed by atoms with E-state index in [0.717, 1.165) is 13.0 Å². The molecular formula is C12H15N5O2. The minimum absolute atomic E-state index is 0.0185. The van der Waals surface area contributed by atoms with Crippen molar-refractivity contribution in [3.05, 3.63) is 34.6 Å². The zero-order valence-electron chi connectivity index (χ0n) is 10.8. The highest BCUT2D eigenvalue weighted by molar-refractivity contribution is 5.70. The van der Waals surface area contributed by atoms with Crippen molar-refractivity contribution in [2.24, 2.45) is 0 Å². The van der Waals surface area contributed by atoms with Crippen LogP contribution in [0.2, 0.25) is 0 Å². The molecule has 0 unspecified atom stereocenters. The summed E-state index contributed by atoms with van der Waals surface area (Å²) in [5, 5.41) is 18.1. The molecule has 7 heteroatoms. The summed E-state index contributed by atoms with van der Waals surface area (Å²) in [5.41, 5.74) is 0.964. The summed E-state index contributed by atoms with van der Waals surface area (Å²) in [6, 6.07) is 3.03. The summed E-state index contributed by atoms with van der Waals surface area (Å²) in [5.74, 6) is 0.587. The van der Waals surface area contributed by atoms with Gasteiger partial charge in [-0.25, -0.2) is 4.98 Å².